The summed E-state index contributed by atoms with van der Waals surface area (Å²) >= 11 is 0. The summed E-state index contributed by atoms with van der Waals surface area (Å²) in [6, 6.07) is 38.0. The monoisotopic (exact) mass is 551 g/mol. The van der Waals surface area contributed by atoms with Crippen molar-refractivity contribution < 1.29 is 9.60 Å². The Morgan fingerprint density at radius 3 is 1.79 bits per heavy atom. The zero-order valence-corrected chi connectivity index (χ0v) is 23.2. The van der Waals surface area contributed by atoms with Crippen LogP contribution in [0.1, 0.15) is 20.7 Å². The summed E-state index contributed by atoms with van der Waals surface area (Å²) in [5.74, 6) is 0. The predicted molar refractivity (Wildman–Crippen MR) is 184 cm³/mol. The van der Waals surface area contributed by atoms with Crippen LogP contribution in [0.3, 0.4) is 0 Å². The average Bonchev–Trinajstić information content (AvgIpc) is 3.55. The molecule has 0 fully saturated rings. The van der Waals surface area contributed by atoms with Gasteiger partial charge in [0.25, 0.3) is 0 Å². The lowest BCUT2D eigenvalue weighted by atomic mass is 9.83. The molecule has 0 aliphatic heterocycles. The zero-order chi connectivity index (χ0) is 34.4. The van der Waals surface area contributed by atoms with Gasteiger partial charge in [-0.1, -0.05) is 145 Å². The first-order chi connectivity index (χ1) is 24.2. The molecular weight excluding hydrogens is 516 g/mol. The minimum absolute atomic E-state index is 0.106. The largest absolute Gasteiger partial charge is 0.0629 e. The van der Waals surface area contributed by atoms with Crippen molar-refractivity contribution in [3.8, 4) is 44.5 Å². The van der Waals surface area contributed by atoms with Gasteiger partial charge >= 0.3 is 0 Å². The highest BCUT2D eigenvalue weighted by molar-refractivity contribution is 6.22. The van der Waals surface area contributed by atoms with E-state index >= 15 is 0 Å². The van der Waals surface area contributed by atoms with Crippen molar-refractivity contribution in [2.24, 2.45) is 0 Å². The topological polar surface area (TPSA) is 0 Å². The van der Waals surface area contributed by atoms with Crippen LogP contribution in [-0.2, 0) is 6.42 Å². The van der Waals surface area contributed by atoms with Crippen molar-refractivity contribution in [2.45, 2.75) is 6.42 Å². The Kier molecular flexibility index (Phi) is 4.03. The molecule has 0 heterocycles. The molecule has 0 N–H and O–H groups in total. The fourth-order valence-electron chi connectivity index (χ4n) is 6.83. The Morgan fingerprint density at radius 2 is 1.00 bits per heavy atom. The first kappa shape index (κ1) is 18.2. The van der Waals surface area contributed by atoms with Gasteiger partial charge in [0.15, 0.2) is 0 Å². The second-order valence-electron chi connectivity index (χ2n) is 11.1. The van der Waals surface area contributed by atoms with E-state index in [1.807, 2.05) is 42.5 Å². The van der Waals surface area contributed by atoms with Gasteiger partial charge in [-0.2, -0.15) is 0 Å². The van der Waals surface area contributed by atoms with Crippen LogP contribution in [0.25, 0.3) is 76.8 Å². The summed E-state index contributed by atoms with van der Waals surface area (Å²) in [5, 5.41) is 6.00. The van der Waals surface area contributed by atoms with E-state index < -0.39 is 0 Å². The smallest absolute Gasteiger partial charge is 0.0619 e. The van der Waals surface area contributed by atoms with Crippen LogP contribution in [0.5, 0.6) is 0 Å². The molecule has 0 aromatic heterocycles. The highest BCUT2D eigenvalue weighted by atomic mass is 14.3. The molecule has 0 heteroatoms. The quantitative estimate of drug-likeness (QED) is 0.192. The van der Waals surface area contributed by atoms with E-state index in [2.05, 4.69) is 72.8 Å². The van der Waals surface area contributed by atoms with E-state index in [0.29, 0.717) is 27.8 Å². The van der Waals surface area contributed by atoms with Crippen molar-refractivity contribution in [1.82, 2.24) is 0 Å². The summed E-state index contributed by atoms with van der Waals surface area (Å²) in [6.07, 6.45) is 0.106. The molecule has 0 atom stereocenters. The Balaban J connectivity index is 1.37. The third-order valence-electron chi connectivity index (χ3n) is 8.74. The maximum atomic E-state index is 9.35. The van der Waals surface area contributed by atoms with Crippen molar-refractivity contribution in [2.75, 3.05) is 0 Å². The molecule has 0 saturated carbocycles. The molecule has 0 unspecified atom stereocenters. The molecule has 200 valence electrons. The van der Waals surface area contributed by atoms with E-state index in [0.717, 1.165) is 49.4 Å². The van der Waals surface area contributed by atoms with Crippen LogP contribution in [0.15, 0.2) is 158 Å². The van der Waals surface area contributed by atoms with E-state index in [9.17, 15) is 1.37 Å². The molecule has 1 aliphatic carbocycles. The van der Waals surface area contributed by atoms with Gasteiger partial charge in [0, 0.05) is 0 Å². The minimum atomic E-state index is -0.350. The Morgan fingerprint density at radius 1 is 0.395 bits per heavy atom. The van der Waals surface area contributed by atoms with Gasteiger partial charge in [-0.3, -0.25) is 0 Å². The van der Waals surface area contributed by atoms with Gasteiger partial charge in [-0.25, -0.2) is 0 Å². The average molecular weight is 552 g/mol. The molecule has 43 heavy (non-hydrogen) atoms. The SMILES string of the molecule is [2H]c1c([2H])c([2H])c2c(c1[2H])Cc1c([2H])c([2H])c([2H])c(-c3c4ccccc4c(-c4cccc(-c5ccc6ccccc6c5)c4)c4ccccc34)c1-2. The fourth-order valence-corrected chi connectivity index (χ4v) is 6.83. The first-order valence-corrected chi connectivity index (χ1v) is 14.5. The molecule has 8 aromatic carbocycles. The summed E-state index contributed by atoms with van der Waals surface area (Å²) in [7, 11) is 0. The first-order valence-electron chi connectivity index (χ1n) is 18.0. The van der Waals surface area contributed by atoms with Gasteiger partial charge in [-0.15, -0.1) is 0 Å². The summed E-state index contributed by atoms with van der Waals surface area (Å²) in [4.78, 5) is 0. The van der Waals surface area contributed by atoms with Gasteiger partial charge in [-0.05, 0) is 107 Å². The van der Waals surface area contributed by atoms with Crippen LogP contribution in [-0.4, -0.2) is 0 Å². The van der Waals surface area contributed by atoms with Crippen LogP contribution in [0, 0.1) is 0 Å². The molecule has 0 amide bonds. The van der Waals surface area contributed by atoms with Crippen molar-refractivity contribution in [3.05, 3.63) is 169 Å². The highest BCUT2D eigenvalue weighted by Gasteiger charge is 2.24. The summed E-state index contributed by atoms with van der Waals surface area (Å²) < 4.78 is 61.6. The molecule has 0 saturated heterocycles. The molecule has 1 aliphatic rings. The number of fused-ring (bicyclic) bond motifs is 6. The van der Waals surface area contributed by atoms with Crippen molar-refractivity contribution >= 4 is 32.3 Å². The van der Waals surface area contributed by atoms with Crippen LogP contribution in [0.4, 0.5) is 0 Å². The van der Waals surface area contributed by atoms with Gasteiger partial charge < -0.3 is 0 Å². The Labute approximate surface area is 261 Å². The van der Waals surface area contributed by atoms with Crippen LogP contribution in [0.2, 0.25) is 0 Å². The molecule has 9 rings (SSSR count). The van der Waals surface area contributed by atoms with E-state index in [1.54, 1.807) is 0 Å². The fraction of sp³-hybridized carbons (Fsp3) is 0.0233. The minimum Gasteiger partial charge on any atom is -0.0619 e. The second kappa shape index (κ2) is 9.54. The van der Waals surface area contributed by atoms with Gasteiger partial charge in [0.05, 0.1) is 9.60 Å². The number of benzene rings is 8. The number of rotatable bonds is 3. The van der Waals surface area contributed by atoms with E-state index in [4.69, 9.17) is 8.22 Å². The van der Waals surface area contributed by atoms with E-state index in [-0.39, 0.29) is 48.7 Å². The Hall–Kier alpha value is -5.46. The van der Waals surface area contributed by atoms with E-state index in [1.165, 1.54) is 10.8 Å². The zero-order valence-electron chi connectivity index (χ0n) is 30.2. The normalized spacial score (nSPS) is 14.4. The maximum absolute atomic E-state index is 9.35. The molecular formula is C43H28. The summed E-state index contributed by atoms with van der Waals surface area (Å²) in [5.41, 5.74) is 7.07. The third kappa shape index (κ3) is 3.77. The predicted octanol–water partition coefficient (Wildman–Crippen LogP) is 11.7. The summed E-state index contributed by atoms with van der Waals surface area (Å²) in [6.45, 7) is 0. The lowest BCUT2D eigenvalue weighted by Crippen LogP contribution is -1.93. The van der Waals surface area contributed by atoms with Gasteiger partial charge in [0.2, 0.25) is 0 Å². The highest BCUT2D eigenvalue weighted by Crippen LogP contribution is 2.49. The number of hydrogen-bond acceptors (Lipinski definition) is 0. The van der Waals surface area contributed by atoms with Crippen molar-refractivity contribution in [1.29, 1.82) is 0 Å². The molecule has 0 spiro atoms. The molecule has 0 nitrogen and oxygen atoms in total. The third-order valence-corrected chi connectivity index (χ3v) is 8.74. The second-order valence-corrected chi connectivity index (χ2v) is 11.1. The van der Waals surface area contributed by atoms with Crippen molar-refractivity contribution in [3.63, 3.8) is 0 Å². The van der Waals surface area contributed by atoms with Crippen LogP contribution >= 0.6 is 0 Å². The number of hydrogen-bond donors (Lipinski definition) is 0. The lowest BCUT2D eigenvalue weighted by Gasteiger charge is -2.20. The molecule has 0 radical (unpaired) electrons. The standard InChI is InChI=1S/C43H28/c1-2-12-29-25-31(24-23-28(29)11-1)30-14-9-15-33(26-30)42-36-18-5-7-20-38(36)43(39-21-8-6-19-37(39)42)40-22-10-16-34-27-32-13-3-4-17-35(32)41(34)40/h1-26H,27H2/i3D,4D,10D,13D,16D,17D,22D. The maximum Gasteiger partial charge on any atom is 0.0629 e. The molecule has 8 aromatic rings. The Bertz CT molecular complexity index is 2710. The van der Waals surface area contributed by atoms with Crippen LogP contribution < -0.4 is 0 Å². The lowest BCUT2D eigenvalue weighted by molar-refractivity contribution is 1.26. The molecule has 0 bridgehead atoms. The van der Waals surface area contributed by atoms with Gasteiger partial charge in [0.1, 0.15) is 0 Å².